The van der Waals surface area contributed by atoms with E-state index in [1.165, 1.54) is 59.2 Å². The third-order valence-corrected chi connectivity index (χ3v) is 17.1. The molecule has 18 nitrogen and oxygen atoms in total. The molecular weight excluding hydrogens is 1250 g/mol. The van der Waals surface area contributed by atoms with Crippen molar-refractivity contribution in [1.29, 1.82) is 0 Å². The van der Waals surface area contributed by atoms with Crippen molar-refractivity contribution in [2.75, 3.05) is 0 Å². The first-order valence-electron chi connectivity index (χ1n) is 32.7. The number of ether oxygens (including phenoxy) is 3. The van der Waals surface area contributed by atoms with Crippen molar-refractivity contribution in [3.63, 3.8) is 0 Å². The molecule has 0 saturated heterocycles. The summed E-state index contributed by atoms with van der Waals surface area (Å²) in [5, 5.41) is 123. The zero-order valence-corrected chi connectivity index (χ0v) is 57.6. The zero-order valence-electron chi connectivity index (χ0n) is 57.6. The minimum absolute atomic E-state index is 0.0352. The second kappa shape index (κ2) is 33.5. The summed E-state index contributed by atoms with van der Waals surface area (Å²) in [5.41, 5.74) is 11.6. The molecule has 3 aliphatic rings. The predicted octanol–water partition coefficient (Wildman–Crippen LogP) is 17.9. The first-order valence-corrected chi connectivity index (χ1v) is 32.7. The highest BCUT2D eigenvalue weighted by Gasteiger charge is 2.37. The van der Waals surface area contributed by atoms with Gasteiger partial charge in [-0.3, -0.25) is 14.4 Å². The molecule has 0 bridgehead atoms. The quantitative estimate of drug-likeness (QED) is 0.0250. The number of aromatic hydroxyl groups is 12. The molecule has 3 heterocycles. The molecule has 0 radical (unpaired) electrons. The molecule has 6 aromatic carbocycles. The van der Waals surface area contributed by atoms with Crippen LogP contribution in [0.4, 0.5) is 0 Å². The van der Waals surface area contributed by atoms with E-state index < -0.39 is 18.3 Å². The standard InChI is InChI=1S/C30H36O6.2C25H28O6/c1-17(2)7-6-8-19(5)10-12-21-20(13-14-23(31)29(21)34)26-16-25(33)28-27(36-26)15-24(32)22(30(28)35)11-9-18(3)4;1-14(2)5-4-6-15(3)7-9-17-19(27)12-23-24(25(17)30)21(29)13-22(31-23)16-8-10-18(26)20(28)11-16;1-14(2)5-4-6-15(3)7-8-18-17(9-10-19(27)25(18)30)22-13-21(29)24-20(28)11-16(26)12-23(24)31-22/h7,9-10,13-15,26,31-32,34-35H,6,8,11-12,16H2,1-5H3;5,7-8,10-12,22,26-28,30H,4,6,9,13H2,1-3H3;5,7,9-12,22,26-28,30H,4,6,8,13H2,1-3H3/b19-10+;2*15-7+/t26-;2*22-/m000/s1. The highest BCUT2D eigenvalue weighted by Crippen LogP contribution is 2.50. The van der Waals surface area contributed by atoms with Gasteiger partial charge in [-0.25, -0.2) is 0 Å². The number of hydrogen-bond acceptors (Lipinski definition) is 18. The summed E-state index contributed by atoms with van der Waals surface area (Å²) in [5.74, 6) is -3.61. The van der Waals surface area contributed by atoms with E-state index in [0.29, 0.717) is 53.5 Å². The van der Waals surface area contributed by atoms with E-state index in [0.717, 1.165) is 66.9 Å². The molecule has 18 heteroatoms. The van der Waals surface area contributed by atoms with Crippen molar-refractivity contribution in [3.8, 4) is 86.2 Å². The lowest BCUT2D eigenvalue weighted by atomic mass is 9.89. The first kappa shape index (κ1) is 74.9. The van der Waals surface area contributed by atoms with E-state index >= 15 is 0 Å². The Hall–Kier alpha value is -10.5. The largest absolute Gasteiger partial charge is 0.508 e. The number of ketones is 3. The van der Waals surface area contributed by atoms with Crippen molar-refractivity contribution in [2.24, 2.45) is 0 Å². The van der Waals surface area contributed by atoms with Gasteiger partial charge >= 0.3 is 0 Å². The second-order valence-corrected chi connectivity index (χ2v) is 26.2. The first-order chi connectivity index (χ1) is 46.3. The van der Waals surface area contributed by atoms with Gasteiger partial charge in [0.15, 0.2) is 51.8 Å². The SMILES string of the molecule is CC(C)=CCC/C(C)=C/Cc1c(O)cc2c(c1O)C(=O)C[C@@H](c1ccc(O)c(O)c1)O2.CC(C)=CCC/C(C)=C/Cc1c([C@@H]2CC(=O)c3c(O)cc(O)cc3O2)ccc(O)c1O.CC(C)=CCC/C(C)=C/Cc1c([C@@H]2CC(=O)c3c(cc(O)c(CC=C(C)C)c3O)O2)ccc(O)c1O. The number of Topliss-reactive ketones (excluding diaryl/α,β-unsaturated/α-hetero) is 3. The van der Waals surface area contributed by atoms with Gasteiger partial charge in [-0.05, 0) is 170 Å². The average molecular weight is 1340 g/mol. The molecule has 9 rings (SSSR count). The molecule has 3 atom stereocenters. The Morgan fingerprint density at radius 1 is 0.347 bits per heavy atom. The molecule has 12 N–H and O–H groups in total. The second-order valence-electron chi connectivity index (χ2n) is 26.2. The Morgan fingerprint density at radius 3 is 1.11 bits per heavy atom. The van der Waals surface area contributed by atoms with Crippen LogP contribution in [0.15, 0.2) is 148 Å². The van der Waals surface area contributed by atoms with Crippen LogP contribution in [-0.2, 0) is 25.7 Å². The van der Waals surface area contributed by atoms with Crippen LogP contribution < -0.4 is 14.2 Å². The van der Waals surface area contributed by atoms with Gasteiger partial charge in [-0.1, -0.05) is 99.7 Å². The number of fused-ring (bicyclic) bond motifs is 3. The maximum atomic E-state index is 13.1. The summed E-state index contributed by atoms with van der Waals surface area (Å²) in [7, 11) is 0. The van der Waals surface area contributed by atoms with Gasteiger partial charge < -0.3 is 75.5 Å². The van der Waals surface area contributed by atoms with Crippen LogP contribution in [0, 0.1) is 0 Å². The Bertz CT molecular complexity index is 4210. The monoisotopic (exact) mass is 1340 g/mol. The van der Waals surface area contributed by atoms with Crippen LogP contribution in [0.3, 0.4) is 0 Å². The number of allylic oxidation sites excluding steroid dienone is 14. The summed E-state index contributed by atoms with van der Waals surface area (Å²) in [6.07, 6.45) is 18.7. The van der Waals surface area contributed by atoms with Crippen LogP contribution in [0.1, 0.15) is 222 Å². The van der Waals surface area contributed by atoms with E-state index in [-0.39, 0.29) is 151 Å². The maximum Gasteiger partial charge on any atom is 0.174 e. The molecule has 98 heavy (non-hydrogen) atoms. The summed E-state index contributed by atoms with van der Waals surface area (Å²) in [6.45, 7) is 22.2. The van der Waals surface area contributed by atoms with Crippen LogP contribution in [0.5, 0.6) is 86.2 Å². The molecule has 0 saturated carbocycles. The van der Waals surface area contributed by atoms with E-state index in [4.69, 9.17) is 14.2 Å². The smallest absolute Gasteiger partial charge is 0.174 e. The summed E-state index contributed by atoms with van der Waals surface area (Å²) in [6, 6.07) is 15.3. The van der Waals surface area contributed by atoms with Crippen LogP contribution in [0.25, 0.3) is 0 Å². The third kappa shape index (κ3) is 19.2. The van der Waals surface area contributed by atoms with E-state index in [1.54, 1.807) is 18.2 Å². The lowest BCUT2D eigenvalue weighted by molar-refractivity contribution is 0.0833. The van der Waals surface area contributed by atoms with E-state index in [9.17, 15) is 75.7 Å². The topological polar surface area (TPSA) is 322 Å². The minimum Gasteiger partial charge on any atom is -0.508 e. The molecular formula is C80H92O18. The fourth-order valence-electron chi connectivity index (χ4n) is 11.6. The van der Waals surface area contributed by atoms with Gasteiger partial charge in [0.2, 0.25) is 0 Å². The molecule has 0 unspecified atom stereocenters. The number of rotatable bonds is 20. The number of phenols is 12. The van der Waals surface area contributed by atoms with Gasteiger partial charge in [-0.2, -0.15) is 0 Å². The average Bonchev–Trinajstić information content (AvgIpc) is 0.776. The van der Waals surface area contributed by atoms with Gasteiger partial charge in [0, 0.05) is 57.6 Å². The van der Waals surface area contributed by atoms with Crippen molar-refractivity contribution in [3.05, 3.63) is 204 Å². The Morgan fingerprint density at radius 2 is 0.704 bits per heavy atom. The molecule has 3 aliphatic heterocycles. The van der Waals surface area contributed by atoms with E-state index in [1.807, 2.05) is 58.9 Å². The van der Waals surface area contributed by atoms with Gasteiger partial charge in [-0.15, -0.1) is 0 Å². The normalized spacial score (nSPS) is 15.6. The maximum absolute atomic E-state index is 13.1. The molecule has 0 amide bonds. The lowest BCUT2D eigenvalue weighted by Gasteiger charge is -2.28. The fourth-order valence-corrected chi connectivity index (χ4v) is 11.6. The van der Waals surface area contributed by atoms with Gasteiger partial charge in [0.25, 0.3) is 0 Å². The predicted molar refractivity (Wildman–Crippen MR) is 377 cm³/mol. The molecule has 6 aromatic rings. The van der Waals surface area contributed by atoms with Gasteiger partial charge in [0.1, 0.15) is 86.7 Å². The number of hydrogen-bond donors (Lipinski definition) is 12. The highest BCUT2D eigenvalue weighted by atomic mass is 16.5. The third-order valence-electron chi connectivity index (χ3n) is 17.1. The summed E-state index contributed by atoms with van der Waals surface area (Å²) in [4.78, 5) is 38.6. The van der Waals surface area contributed by atoms with Crippen LogP contribution >= 0.6 is 0 Å². The van der Waals surface area contributed by atoms with Gasteiger partial charge in [0.05, 0.1) is 19.3 Å². The Labute approximate surface area is 572 Å². The molecule has 0 aromatic heterocycles. The Balaban J connectivity index is 0.000000208. The Kier molecular flexibility index (Phi) is 25.6. The molecule has 0 spiro atoms. The van der Waals surface area contributed by atoms with E-state index in [2.05, 4.69) is 59.8 Å². The van der Waals surface area contributed by atoms with Crippen molar-refractivity contribution < 1.29 is 89.9 Å². The van der Waals surface area contributed by atoms with Crippen molar-refractivity contribution >= 4 is 17.3 Å². The molecule has 0 aliphatic carbocycles. The van der Waals surface area contributed by atoms with Crippen LogP contribution in [0.2, 0.25) is 0 Å². The number of benzene rings is 6. The number of carbonyl (C=O) groups excluding carboxylic acids is 3. The van der Waals surface area contributed by atoms with Crippen molar-refractivity contribution in [2.45, 2.75) is 178 Å². The number of phenolic OH excluding ortho intramolecular Hbond substituents is 12. The molecule has 520 valence electrons. The lowest BCUT2D eigenvalue weighted by Crippen LogP contribution is -2.22. The zero-order chi connectivity index (χ0) is 72.0. The highest BCUT2D eigenvalue weighted by molar-refractivity contribution is 6.04. The fraction of sp³-hybridized carbons (Fsp3) is 0.338. The number of carbonyl (C=O) groups is 3. The van der Waals surface area contributed by atoms with Crippen LogP contribution in [-0.4, -0.2) is 78.6 Å². The minimum atomic E-state index is -0.742. The summed E-state index contributed by atoms with van der Waals surface area (Å²) < 4.78 is 17.9. The summed E-state index contributed by atoms with van der Waals surface area (Å²) >= 11 is 0. The van der Waals surface area contributed by atoms with Crippen molar-refractivity contribution in [1.82, 2.24) is 0 Å². The molecule has 0 fully saturated rings.